The summed E-state index contributed by atoms with van der Waals surface area (Å²) in [5.41, 5.74) is 0. The fourth-order valence-corrected chi connectivity index (χ4v) is 1.21. The smallest absolute Gasteiger partial charge is 0.0477 e. The number of halogens is 1. The molecule has 0 amide bonds. The fraction of sp³-hybridized carbons (Fsp3) is 1.00. The van der Waals surface area contributed by atoms with Crippen LogP contribution in [0.1, 0.15) is 26.7 Å². The van der Waals surface area contributed by atoms with Crippen molar-refractivity contribution < 1.29 is 4.74 Å². The molecule has 0 saturated carbocycles. The summed E-state index contributed by atoms with van der Waals surface area (Å²) in [5, 5.41) is 0.275. The van der Waals surface area contributed by atoms with Gasteiger partial charge in [0.15, 0.2) is 0 Å². The molecule has 0 aromatic rings. The average Bonchev–Trinajstić information content (AvgIpc) is 2.10. The Kier molecular flexibility index (Phi) is 7.72. The molecule has 0 rings (SSSR count). The second-order valence-corrected chi connectivity index (χ2v) is 4.43. The van der Waals surface area contributed by atoms with Gasteiger partial charge in [0.25, 0.3) is 0 Å². The van der Waals surface area contributed by atoms with Crippen LogP contribution in [0.2, 0.25) is 0 Å². The Morgan fingerprint density at radius 1 is 1.31 bits per heavy atom. The second-order valence-electron chi connectivity index (χ2n) is 3.68. The minimum Gasteiger partial charge on any atom is -0.385 e. The number of nitrogens with zero attached hydrogens (tertiary/aromatic N) is 1. The molecule has 0 aliphatic heterocycles. The van der Waals surface area contributed by atoms with Crippen molar-refractivity contribution in [2.24, 2.45) is 0 Å². The Balaban J connectivity index is 3.50. The molecular formula is C10H22ClNO. The summed E-state index contributed by atoms with van der Waals surface area (Å²) in [6.07, 6.45) is 2.14. The zero-order chi connectivity index (χ0) is 10.3. The summed E-state index contributed by atoms with van der Waals surface area (Å²) in [6, 6.07) is 0.579. The molecule has 2 unspecified atom stereocenters. The Bertz CT molecular complexity index is 119. The van der Waals surface area contributed by atoms with Gasteiger partial charge in [0.1, 0.15) is 0 Å². The normalized spacial score (nSPS) is 16.2. The lowest BCUT2D eigenvalue weighted by atomic mass is 10.2. The van der Waals surface area contributed by atoms with Crippen LogP contribution in [-0.4, -0.2) is 43.6 Å². The number of hydrogen-bond acceptors (Lipinski definition) is 2. The number of alkyl halides is 1. The Morgan fingerprint density at radius 3 is 2.38 bits per heavy atom. The summed E-state index contributed by atoms with van der Waals surface area (Å²) in [7, 11) is 3.88. The zero-order valence-electron chi connectivity index (χ0n) is 9.22. The zero-order valence-corrected chi connectivity index (χ0v) is 9.97. The highest BCUT2D eigenvalue weighted by molar-refractivity contribution is 6.20. The highest BCUT2D eigenvalue weighted by Crippen LogP contribution is 2.06. The first-order valence-corrected chi connectivity index (χ1v) is 5.34. The molecule has 3 heteroatoms. The number of ether oxygens (including phenoxy) is 1. The van der Waals surface area contributed by atoms with E-state index in [-0.39, 0.29) is 5.38 Å². The predicted octanol–water partition coefficient (Wildman–Crippen LogP) is 2.36. The minimum absolute atomic E-state index is 0.275. The monoisotopic (exact) mass is 207 g/mol. The lowest BCUT2D eigenvalue weighted by Gasteiger charge is -2.24. The van der Waals surface area contributed by atoms with Crippen molar-refractivity contribution in [3.8, 4) is 0 Å². The fourth-order valence-electron chi connectivity index (χ4n) is 1.11. The highest BCUT2D eigenvalue weighted by atomic mass is 35.5. The summed E-state index contributed by atoms with van der Waals surface area (Å²) in [6.45, 7) is 6.16. The van der Waals surface area contributed by atoms with Crippen LogP contribution in [0.5, 0.6) is 0 Å². The molecule has 0 aromatic heterocycles. The van der Waals surface area contributed by atoms with Crippen LogP contribution in [0.15, 0.2) is 0 Å². The van der Waals surface area contributed by atoms with Gasteiger partial charge in [0.2, 0.25) is 0 Å². The van der Waals surface area contributed by atoms with E-state index >= 15 is 0 Å². The molecule has 80 valence electrons. The van der Waals surface area contributed by atoms with Crippen molar-refractivity contribution in [2.75, 3.05) is 27.3 Å². The van der Waals surface area contributed by atoms with Crippen molar-refractivity contribution >= 4 is 11.6 Å². The van der Waals surface area contributed by atoms with Crippen LogP contribution in [0.4, 0.5) is 0 Å². The molecule has 0 radical (unpaired) electrons. The number of hydrogen-bond donors (Lipinski definition) is 0. The molecule has 0 aliphatic rings. The third-order valence-corrected chi connectivity index (χ3v) is 2.59. The van der Waals surface area contributed by atoms with Crippen molar-refractivity contribution in [2.45, 2.75) is 38.1 Å². The number of rotatable bonds is 7. The molecule has 0 fully saturated rings. The first-order chi connectivity index (χ1) is 6.07. The molecule has 0 aromatic carbocycles. The Hall–Kier alpha value is 0.210. The standard InChI is InChI=1S/C10H22ClNO/c1-9(11)5-7-12(3)10(2)6-8-13-4/h9-10H,5-8H2,1-4H3. The predicted molar refractivity (Wildman–Crippen MR) is 58.5 cm³/mol. The van der Waals surface area contributed by atoms with Gasteiger partial charge in [-0.1, -0.05) is 0 Å². The molecule has 0 bridgehead atoms. The molecule has 0 N–H and O–H groups in total. The van der Waals surface area contributed by atoms with Gasteiger partial charge in [-0.15, -0.1) is 11.6 Å². The molecule has 0 heterocycles. The van der Waals surface area contributed by atoms with Gasteiger partial charge in [-0.3, -0.25) is 0 Å². The SMILES string of the molecule is COCCC(C)N(C)CCC(C)Cl. The van der Waals surface area contributed by atoms with E-state index in [1.54, 1.807) is 7.11 Å². The van der Waals surface area contributed by atoms with Gasteiger partial charge >= 0.3 is 0 Å². The van der Waals surface area contributed by atoms with Gasteiger partial charge in [0.05, 0.1) is 0 Å². The Labute approximate surface area is 87.2 Å². The van der Waals surface area contributed by atoms with E-state index in [9.17, 15) is 0 Å². The molecule has 2 atom stereocenters. The third-order valence-electron chi connectivity index (χ3n) is 2.37. The lowest BCUT2D eigenvalue weighted by molar-refractivity contribution is 0.152. The molecule has 13 heavy (non-hydrogen) atoms. The molecular weight excluding hydrogens is 186 g/mol. The maximum absolute atomic E-state index is 5.88. The van der Waals surface area contributed by atoms with E-state index in [1.807, 2.05) is 6.92 Å². The van der Waals surface area contributed by atoms with E-state index in [0.717, 1.165) is 26.0 Å². The summed E-state index contributed by atoms with van der Waals surface area (Å²) < 4.78 is 5.04. The largest absolute Gasteiger partial charge is 0.385 e. The summed E-state index contributed by atoms with van der Waals surface area (Å²) in [4.78, 5) is 2.33. The van der Waals surface area contributed by atoms with Gasteiger partial charge in [0, 0.05) is 25.1 Å². The summed E-state index contributed by atoms with van der Waals surface area (Å²) in [5.74, 6) is 0. The van der Waals surface area contributed by atoms with Crippen LogP contribution < -0.4 is 0 Å². The minimum atomic E-state index is 0.275. The van der Waals surface area contributed by atoms with Crippen molar-refractivity contribution in [3.63, 3.8) is 0 Å². The van der Waals surface area contributed by atoms with Crippen LogP contribution in [0.3, 0.4) is 0 Å². The van der Waals surface area contributed by atoms with Gasteiger partial charge in [-0.25, -0.2) is 0 Å². The highest BCUT2D eigenvalue weighted by Gasteiger charge is 2.09. The van der Waals surface area contributed by atoms with E-state index < -0.39 is 0 Å². The van der Waals surface area contributed by atoms with Gasteiger partial charge in [-0.05, 0) is 40.3 Å². The van der Waals surface area contributed by atoms with Gasteiger partial charge in [-0.2, -0.15) is 0 Å². The lowest BCUT2D eigenvalue weighted by Crippen LogP contribution is -2.31. The van der Waals surface area contributed by atoms with Crippen LogP contribution in [-0.2, 0) is 4.74 Å². The van der Waals surface area contributed by atoms with E-state index in [1.165, 1.54) is 0 Å². The second kappa shape index (κ2) is 7.60. The topological polar surface area (TPSA) is 12.5 Å². The van der Waals surface area contributed by atoms with Crippen molar-refractivity contribution in [1.82, 2.24) is 4.90 Å². The first kappa shape index (κ1) is 13.2. The average molecular weight is 208 g/mol. The first-order valence-electron chi connectivity index (χ1n) is 4.91. The molecule has 0 aliphatic carbocycles. The van der Waals surface area contributed by atoms with Crippen LogP contribution in [0.25, 0.3) is 0 Å². The number of methoxy groups -OCH3 is 1. The Morgan fingerprint density at radius 2 is 1.92 bits per heavy atom. The van der Waals surface area contributed by atoms with Crippen LogP contribution in [0, 0.1) is 0 Å². The summed E-state index contributed by atoms with van der Waals surface area (Å²) >= 11 is 5.88. The van der Waals surface area contributed by atoms with E-state index in [0.29, 0.717) is 6.04 Å². The maximum Gasteiger partial charge on any atom is 0.0477 e. The van der Waals surface area contributed by atoms with Crippen molar-refractivity contribution in [1.29, 1.82) is 0 Å². The molecule has 2 nitrogen and oxygen atoms in total. The van der Waals surface area contributed by atoms with E-state index in [4.69, 9.17) is 16.3 Å². The molecule has 0 spiro atoms. The molecule has 0 saturated heterocycles. The van der Waals surface area contributed by atoms with Crippen LogP contribution >= 0.6 is 11.6 Å². The third kappa shape index (κ3) is 7.29. The van der Waals surface area contributed by atoms with E-state index in [2.05, 4.69) is 18.9 Å². The quantitative estimate of drug-likeness (QED) is 0.595. The van der Waals surface area contributed by atoms with Gasteiger partial charge < -0.3 is 9.64 Å². The maximum atomic E-state index is 5.88. The van der Waals surface area contributed by atoms with Crippen molar-refractivity contribution in [3.05, 3.63) is 0 Å².